The molecule has 5 nitrogen and oxygen atoms in total. The van der Waals surface area contributed by atoms with Gasteiger partial charge in [-0.3, -0.25) is 9.69 Å². The van der Waals surface area contributed by atoms with Crippen LogP contribution < -0.4 is 11.3 Å². The van der Waals surface area contributed by atoms with Gasteiger partial charge in [-0.05, 0) is 18.4 Å². The second-order valence-corrected chi connectivity index (χ2v) is 5.34. The minimum Gasteiger partial charge on any atom is -0.329 e. The number of hydrogen-bond donors (Lipinski definition) is 2. The van der Waals surface area contributed by atoms with E-state index in [9.17, 15) is 4.79 Å². The molecular formula is C17H25ClN4O. The maximum absolute atomic E-state index is 11.6. The second kappa shape index (κ2) is 10.2. The third kappa shape index (κ3) is 6.52. The third-order valence-electron chi connectivity index (χ3n) is 3.58. The summed E-state index contributed by atoms with van der Waals surface area (Å²) < 4.78 is 0. The Morgan fingerprint density at radius 2 is 1.96 bits per heavy atom. The molecule has 0 radical (unpaired) electrons. The lowest BCUT2D eigenvalue weighted by Crippen LogP contribution is -2.32. The van der Waals surface area contributed by atoms with Crippen LogP contribution in [0.3, 0.4) is 0 Å². The van der Waals surface area contributed by atoms with Crippen molar-refractivity contribution in [2.75, 3.05) is 19.6 Å². The van der Waals surface area contributed by atoms with Crippen molar-refractivity contribution < 1.29 is 0 Å². The van der Waals surface area contributed by atoms with Crippen molar-refractivity contribution in [2.24, 2.45) is 5.73 Å². The van der Waals surface area contributed by atoms with Gasteiger partial charge in [0.15, 0.2) is 0 Å². The molecule has 0 aliphatic heterocycles. The molecule has 0 spiro atoms. The lowest BCUT2D eigenvalue weighted by molar-refractivity contribution is 0.269. The number of nitrogens with two attached hydrogens (primary N) is 1. The fourth-order valence-electron chi connectivity index (χ4n) is 2.42. The topological polar surface area (TPSA) is 75.0 Å². The molecule has 0 aliphatic rings. The summed E-state index contributed by atoms with van der Waals surface area (Å²) in [7, 11) is 0. The largest absolute Gasteiger partial charge is 0.329 e. The highest BCUT2D eigenvalue weighted by Crippen LogP contribution is 2.04. The van der Waals surface area contributed by atoms with Gasteiger partial charge in [0.05, 0.1) is 6.54 Å². The maximum atomic E-state index is 11.6. The van der Waals surface area contributed by atoms with Crippen molar-refractivity contribution in [3.8, 4) is 0 Å². The van der Waals surface area contributed by atoms with E-state index in [0.29, 0.717) is 18.9 Å². The van der Waals surface area contributed by atoms with E-state index in [1.54, 1.807) is 6.07 Å². The zero-order chi connectivity index (χ0) is 15.8. The molecule has 0 atom stereocenters. The van der Waals surface area contributed by atoms with Gasteiger partial charge in [0.1, 0.15) is 5.82 Å². The zero-order valence-corrected chi connectivity index (χ0v) is 14.3. The van der Waals surface area contributed by atoms with Crippen molar-refractivity contribution in [1.29, 1.82) is 0 Å². The molecule has 1 heterocycles. The number of benzene rings is 1. The van der Waals surface area contributed by atoms with Crippen LogP contribution in [0.15, 0.2) is 41.2 Å². The van der Waals surface area contributed by atoms with Crippen molar-refractivity contribution in [3.05, 3.63) is 63.8 Å². The lowest BCUT2D eigenvalue weighted by atomic mass is 10.1. The summed E-state index contributed by atoms with van der Waals surface area (Å²) in [5, 5.41) is 0. The number of aromatic nitrogens is 2. The molecule has 1 aromatic carbocycles. The van der Waals surface area contributed by atoms with Gasteiger partial charge in [0.25, 0.3) is 5.56 Å². The predicted octanol–water partition coefficient (Wildman–Crippen LogP) is 1.76. The highest BCUT2D eigenvalue weighted by atomic mass is 35.5. The SMILES string of the molecule is CCc1cc(=O)[nH]c(CN(CCN)CCc2ccccc2)n1.Cl. The molecule has 0 unspecified atom stereocenters. The molecule has 0 saturated carbocycles. The Morgan fingerprint density at radius 3 is 2.61 bits per heavy atom. The molecule has 2 aromatic rings. The zero-order valence-electron chi connectivity index (χ0n) is 13.5. The van der Waals surface area contributed by atoms with Crippen LogP contribution in [0.1, 0.15) is 24.0 Å². The summed E-state index contributed by atoms with van der Waals surface area (Å²) in [5.74, 6) is 0.714. The van der Waals surface area contributed by atoms with Gasteiger partial charge >= 0.3 is 0 Å². The van der Waals surface area contributed by atoms with E-state index in [4.69, 9.17) is 5.73 Å². The van der Waals surface area contributed by atoms with Gasteiger partial charge in [-0.1, -0.05) is 37.3 Å². The highest BCUT2D eigenvalue weighted by Gasteiger charge is 2.08. The first-order chi connectivity index (χ1) is 10.7. The van der Waals surface area contributed by atoms with Crippen molar-refractivity contribution in [3.63, 3.8) is 0 Å². The van der Waals surface area contributed by atoms with Crippen LogP contribution in [-0.2, 0) is 19.4 Å². The predicted molar refractivity (Wildman–Crippen MR) is 96.0 cm³/mol. The van der Waals surface area contributed by atoms with E-state index >= 15 is 0 Å². The fourth-order valence-corrected chi connectivity index (χ4v) is 2.42. The van der Waals surface area contributed by atoms with Crippen LogP contribution in [0, 0.1) is 0 Å². The first-order valence-corrected chi connectivity index (χ1v) is 7.76. The first-order valence-electron chi connectivity index (χ1n) is 7.76. The number of H-pyrrole nitrogens is 1. The smallest absolute Gasteiger partial charge is 0.251 e. The summed E-state index contributed by atoms with van der Waals surface area (Å²) >= 11 is 0. The van der Waals surface area contributed by atoms with Gasteiger partial charge in [-0.2, -0.15) is 0 Å². The van der Waals surface area contributed by atoms with Crippen LogP contribution in [0.4, 0.5) is 0 Å². The normalized spacial score (nSPS) is 10.6. The Balaban J connectivity index is 0.00000264. The molecule has 126 valence electrons. The molecule has 6 heteroatoms. The Kier molecular flexibility index (Phi) is 8.55. The molecule has 23 heavy (non-hydrogen) atoms. The summed E-state index contributed by atoms with van der Waals surface area (Å²) in [5.41, 5.74) is 7.75. The first kappa shape index (κ1) is 19.4. The molecule has 2 rings (SSSR count). The Hall–Kier alpha value is -1.69. The number of nitrogens with one attached hydrogen (secondary N) is 1. The summed E-state index contributed by atoms with van der Waals surface area (Å²) in [6, 6.07) is 11.9. The summed E-state index contributed by atoms with van der Waals surface area (Å²) in [6.45, 7) is 4.88. The molecule has 0 saturated heterocycles. The van der Waals surface area contributed by atoms with Crippen molar-refractivity contribution in [1.82, 2.24) is 14.9 Å². The number of aromatic amines is 1. The Bertz CT molecular complexity index is 630. The van der Waals surface area contributed by atoms with Crippen molar-refractivity contribution >= 4 is 12.4 Å². The maximum Gasteiger partial charge on any atom is 0.251 e. The molecular weight excluding hydrogens is 312 g/mol. The number of rotatable bonds is 8. The standard InChI is InChI=1S/C17H24N4O.ClH/c1-2-15-12-17(22)20-16(19-15)13-21(11-9-18)10-8-14-6-4-3-5-7-14;/h3-7,12H,2,8-11,13,18H2,1H3,(H,19,20,22);1H. The van der Waals surface area contributed by atoms with E-state index in [1.807, 2.05) is 25.1 Å². The average Bonchev–Trinajstić information content (AvgIpc) is 2.53. The van der Waals surface area contributed by atoms with Crippen LogP contribution >= 0.6 is 12.4 Å². The van der Waals surface area contributed by atoms with Crippen LogP contribution in [0.5, 0.6) is 0 Å². The van der Waals surface area contributed by atoms with Gasteiger partial charge in [-0.15, -0.1) is 12.4 Å². The third-order valence-corrected chi connectivity index (χ3v) is 3.58. The van der Waals surface area contributed by atoms with Crippen LogP contribution in [-0.4, -0.2) is 34.5 Å². The molecule has 0 amide bonds. The van der Waals surface area contributed by atoms with Gasteiger partial charge in [-0.25, -0.2) is 4.98 Å². The van der Waals surface area contributed by atoms with Gasteiger partial charge < -0.3 is 10.7 Å². The molecule has 0 bridgehead atoms. The number of halogens is 1. The van der Waals surface area contributed by atoms with Gasteiger partial charge in [0, 0.05) is 31.4 Å². The van der Waals surface area contributed by atoms with E-state index in [0.717, 1.165) is 31.6 Å². The monoisotopic (exact) mass is 336 g/mol. The number of hydrogen-bond acceptors (Lipinski definition) is 4. The Labute approximate surface area is 143 Å². The average molecular weight is 337 g/mol. The summed E-state index contributed by atoms with van der Waals surface area (Å²) in [6.07, 6.45) is 1.72. The minimum absolute atomic E-state index is 0. The Morgan fingerprint density at radius 1 is 1.22 bits per heavy atom. The highest BCUT2D eigenvalue weighted by molar-refractivity contribution is 5.85. The van der Waals surface area contributed by atoms with Crippen molar-refractivity contribution in [2.45, 2.75) is 26.3 Å². The van der Waals surface area contributed by atoms with E-state index in [1.165, 1.54) is 5.56 Å². The quantitative estimate of drug-likeness (QED) is 0.770. The molecule has 0 aliphatic carbocycles. The van der Waals surface area contributed by atoms with Crippen LogP contribution in [0.25, 0.3) is 0 Å². The number of nitrogens with zero attached hydrogens (tertiary/aromatic N) is 2. The lowest BCUT2D eigenvalue weighted by Gasteiger charge is -2.21. The van der Waals surface area contributed by atoms with Gasteiger partial charge in [0.2, 0.25) is 0 Å². The molecule has 0 fully saturated rings. The number of aryl methyl sites for hydroxylation is 1. The minimum atomic E-state index is -0.0855. The van der Waals surface area contributed by atoms with E-state index < -0.39 is 0 Å². The van der Waals surface area contributed by atoms with Crippen LogP contribution in [0.2, 0.25) is 0 Å². The van der Waals surface area contributed by atoms with E-state index in [2.05, 4.69) is 27.0 Å². The molecule has 1 aromatic heterocycles. The fraction of sp³-hybridized carbons (Fsp3) is 0.412. The summed E-state index contributed by atoms with van der Waals surface area (Å²) in [4.78, 5) is 21.2. The molecule has 3 N–H and O–H groups in total. The second-order valence-electron chi connectivity index (χ2n) is 5.34. The van der Waals surface area contributed by atoms with E-state index in [-0.39, 0.29) is 18.0 Å².